The lowest BCUT2D eigenvalue weighted by Gasteiger charge is -2.45. The number of hydrogen-bond acceptors (Lipinski definition) is 4. The lowest BCUT2D eigenvalue weighted by molar-refractivity contribution is 0.0348. The molecule has 0 amide bonds. The lowest BCUT2D eigenvalue weighted by atomic mass is 9.74. The molecule has 1 aromatic rings. The van der Waals surface area contributed by atoms with Gasteiger partial charge in [0.2, 0.25) is 0 Å². The summed E-state index contributed by atoms with van der Waals surface area (Å²) >= 11 is 13.3. The molecule has 3 nitrogen and oxygen atoms in total. The predicted molar refractivity (Wildman–Crippen MR) is 126 cm³/mol. The summed E-state index contributed by atoms with van der Waals surface area (Å²) in [6, 6.07) is 10.7. The maximum Gasteiger partial charge on any atom is 0.298 e. The van der Waals surface area contributed by atoms with Gasteiger partial charge in [-0.1, -0.05) is 85.2 Å². The first-order chi connectivity index (χ1) is 13.5. The number of aliphatic imine (C=N–C) groups is 1. The Labute approximate surface area is 182 Å². The smallest absolute Gasteiger partial charge is 0.298 e. The molecule has 1 heterocycles. The van der Waals surface area contributed by atoms with E-state index in [1.54, 1.807) is 11.8 Å². The summed E-state index contributed by atoms with van der Waals surface area (Å²) in [5.41, 5.74) is 2.02. The van der Waals surface area contributed by atoms with Crippen LogP contribution < -0.4 is 0 Å². The molecule has 0 aromatic heterocycles. The Hall–Kier alpha value is -1.30. The molecule has 0 unspecified atom stereocenters. The minimum absolute atomic E-state index is 0.195. The number of nitrogens with zero attached hydrogens (tertiary/aromatic N) is 2. The molecule has 1 aromatic carbocycles. The van der Waals surface area contributed by atoms with Crippen molar-refractivity contribution in [2.45, 2.75) is 39.0 Å². The Morgan fingerprint density at radius 1 is 1.21 bits per heavy atom. The van der Waals surface area contributed by atoms with E-state index < -0.39 is 0 Å². The third-order valence-electron chi connectivity index (χ3n) is 5.30. The highest BCUT2D eigenvalue weighted by molar-refractivity contribution is 8.22. The maximum absolute atomic E-state index is 6.25. The Morgan fingerprint density at radius 2 is 1.93 bits per heavy atom. The fourth-order valence-electron chi connectivity index (χ4n) is 3.80. The number of amidine groups is 1. The fourth-order valence-corrected chi connectivity index (χ4v) is 4.37. The van der Waals surface area contributed by atoms with Gasteiger partial charge < -0.3 is 4.74 Å². The lowest BCUT2D eigenvalue weighted by Crippen LogP contribution is -2.52. The average Bonchev–Trinajstić information content (AvgIpc) is 2.72. The zero-order valence-electron chi connectivity index (χ0n) is 16.5. The van der Waals surface area contributed by atoms with Crippen LogP contribution in [0.5, 0.6) is 0 Å². The standard InChI is InChI=1S/C22H27ClN2OS2/c1-17(23)11-12-19(18-9-5-3-6-10-18)24-20-25(21(27)28-2)15-22(16-26-20)13-7-4-8-14-22/h3,5-6,9-12H,4,7-8,13-16H2,1-2H3/b17-11+,19-12+,24-20?. The van der Waals surface area contributed by atoms with Gasteiger partial charge in [0.1, 0.15) is 4.32 Å². The highest BCUT2D eigenvalue weighted by atomic mass is 35.5. The monoisotopic (exact) mass is 434 g/mol. The van der Waals surface area contributed by atoms with Crippen molar-refractivity contribution >= 4 is 51.6 Å². The molecule has 0 N–H and O–H groups in total. The summed E-state index contributed by atoms with van der Waals surface area (Å²) < 4.78 is 7.05. The van der Waals surface area contributed by atoms with Gasteiger partial charge in [0.15, 0.2) is 0 Å². The molecule has 2 fully saturated rings. The van der Waals surface area contributed by atoms with E-state index in [1.165, 1.54) is 32.1 Å². The van der Waals surface area contributed by atoms with Crippen LogP contribution in [0.4, 0.5) is 0 Å². The molecule has 150 valence electrons. The number of benzene rings is 1. The van der Waals surface area contributed by atoms with E-state index >= 15 is 0 Å². The molecule has 1 spiro atoms. The van der Waals surface area contributed by atoms with Crippen LogP contribution in [0.1, 0.15) is 44.6 Å². The topological polar surface area (TPSA) is 24.8 Å². The minimum Gasteiger partial charge on any atom is -0.464 e. The van der Waals surface area contributed by atoms with Crippen molar-refractivity contribution in [3.63, 3.8) is 0 Å². The second kappa shape index (κ2) is 9.95. The first-order valence-corrected chi connectivity index (χ1v) is 11.7. The van der Waals surface area contributed by atoms with Gasteiger partial charge in [-0.3, -0.25) is 4.90 Å². The summed E-state index contributed by atoms with van der Waals surface area (Å²) in [5.74, 6) is 0. The number of halogens is 1. The van der Waals surface area contributed by atoms with Gasteiger partial charge >= 0.3 is 0 Å². The second-order valence-electron chi connectivity index (χ2n) is 7.47. The maximum atomic E-state index is 6.25. The van der Waals surface area contributed by atoms with Gasteiger partial charge in [0, 0.05) is 22.6 Å². The van der Waals surface area contributed by atoms with Crippen molar-refractivity contribution in [3.05, 3.63) is 53.1 Å². The van der Waals surface area contributed by atoms with Gasteiger partial charge in [0.25, 0.3) is 6.02 Å². The van der Waals surface area contributed by atoms with Gasteiger partial charge in [-0.2, -0.15) is 4.99 Å². The van der Waals surface area contributed by atoms with E-state index in [2.05, 4.69) is 4.90 Å². The number of thiocarbonyl (C=S) groups is 1. The number of rotatable bonds is 3. The van der Waals surface area contributed by atoms with Crippen LogP contribution in [0, 0.1) is 5.41 Å². The first kappa shape index (κ1) is 21.4. The average molecular weight is 435 g/mol. The largest absolute Gasteiger partial charge is 0.464 e. The molecular weight excluding hydrogens is 408 g/mol. The van der Waals surface area contributed by atoms with Gasteiger partial charge in [-0.05, 0) is 38.2 Å². The van der Waals surface area contributed by atoms with Crippen LogP contribution in [0.2, 0.25) is 0 Å². The fraction of sp³-hybridized carbons (Fsp3) is 0.455. The molecule has 0 atom stereocenters. The minimum atomic E-state index is 0.195. The van der Waals surface area contributed by atoms with E-state index in [1.807, 2.05) is 55.7 Å². The van der Waals surface area contributed by atoms with Gasteiger partial charge in [-0.15, -0.1) is 0 Å². The van der Waals surface area contributed by atoms with E-state index in [4.69, 9.17) is 33.5 Å². The first-order valence-electron chi connectivity index (χ1n) is 9.69. The molecule has 3 rings (SSSR count). The van der Waals surface area contributed by atoms with Crippen molar-refractivity contribution in [1.82, 2.24) is 4.90 Å². The van der Waals surface area contributed by atoms with Crippen LogP contribution in [-0.2, 0) is 4.74 Å². The Kier molecular flexibility index (Phi) is 7.61. The summed E-state index contributed by atoms with van der Waals surface area (Å²) in [4.78, 5) is 6.97. The van der Waals surface area contributed by atoms with E-state index in [-0.39, 0.29) is 5.41 Å². The normalized spacial score (nSPS) is 21.7. The summed E-state index contributed by atoms with van der Waals surface area (Å²) in [6.45, 7) is 3.45. The molecule has 1 saturated heterocycles. The summed E-state index contributed by atoms with van der Waals surface area (Å²) in [7, 11) is 0. The van der Waals surface area contributed by atoms with Crippen molar-refractivity contribution < 1.29 is 4.74 Å². The third-order valence-corrected chi connectivity index (χ3v) is 6.71. The van der Waals surface area contributed by atoms with Crippen molar-refractivity contribution in [2.24, 2.45) is 10.4 Å². The summed E-state index contributed by atoms with van der Waals surface area (Å²) in [6.07, 6.45) is 12.0. The van der Waals surface area contributed by atoms with Crippen LogP contribution >= 0.6 is 35.6 Å². The predicted octanol–water partition coefficient (Wildman–Crippen LogP) is 6.46. The van der Waals surface area contributed by atoms with Crippen molar-refractivity contribution in [1.29, 1.82) is 0 Å². The SMILES string of the molecule is CSC(=S)N1CC2(CCCCC2)COC1=N/C(=C/C=C(\C)Cl)c1ccccc1. The Morgan fingerprint density at radius 3 is 2.57 bits per heavy atom. The van der Waals surface area contributed by atoms with Crippen LogP contribution in [-0.4, -0.2) is 34.6 Å². The van der Waals surface area contributed by atoms with Crippen molar-refractivity contribution in [3.8, 4) is 0 Å². The number of thioether (sulfide) groups is 1. The molecule has 6 heteroatoms. The number of hydrogen-bond donors (Lipinski definition) is 0. The van der Waals surface area contributed by atoms with E-state index in [0.29, 0.717) is 17.7 Å². The molecule has 0 bridgehead atoms. The van der Waals surface area contributed by atoms with E-state index in [0.717, 1.165) is 22.1 Å². The quantitative estimate of drug-likeness (QED) is 0.402. The zero-order chi connectivity index (χ0) is 20.0. The molecule has 1 saturated carbocycles. The Bertz CT molecular complexity index is 779. The second-order valence-corrected chi connectivity index (χ2v) is 9.51. The van der Waals surface area contributed by atoms with Crippen LogP contribution in [0.3, 0.4) is 0 Å². The van der Waals surface area contributed by atoms with Crippen LogP contribution in [0.25, 0.3) is 5.70 Å². The number of allylic oxidation sites excluding steroid dienone is 3. The Balaban J connectivity index is 1.95. The van der Waals surface area contributed by atoms with Crippen molar-refractivity contribution in [2.75, 3.05) is 19.4 Å². The third kappa shape index (κ3) is 5.40. The molecule has 2 aliphatic rings. The van der Waals surface area contributed by atoms with Crippen LogP contribution in [0.15, 0.2) is 52.5 Å². The molecular formula is C22H27ClN2OS2. The molecule has 1 aliphatic carbocycles. The molecule has 28 heavy (non-hydrogen) atoms. The number of ether oxygens (including phenoxy) is 1. The van der Waals surface area contributed by atoms with Gasteiger partial charge in [0.05, 0.1) is 12.3 Å². The molecule has 0 radical (unpaired) electrons. The van der Waals surface area contributed by atoms with E-state index in [9.17, 15) is 0 Å². The highest BCUT2D eigenvalue weighted by Gasteiger charge is 2.41. The molecule has 1 aliphatic heterocycles. The zero-order valence-corrected chi connectivity index (χ0v) is 18.9. The summed E-state index contributed by atoms with van der Waals surface area (Å²) in [5, 5.41) is 0.704. The highest BCUT2D eigenvalue weighted by Crippen LogP contribution is 2.40. The van der Waals surface area contributed by atoms with Gasteiger partial charge in [-0.25, -0.2) is 0 Å².